The SMILES string of the molecule is CCOc1ccccc1CC(=S)Cc1ccc(S(=O)(=O)Nc2ccc(Cl)cc2)cc1. The zero-order valence-electron chi connectivity index (χ0n) is 16.5. The van der Waals surface area contributed by atoms with Crippen molar-refractivity contribution in [1.29, 1.82) is 0 Å². The van der Waals surface area contributed by atoms with Gasteiger partial charge >= 0.3 is 0 Å². The average molecular weight is 460 g/mol. The number of benzene rings is 3. The predicted octanol–water partition coefficient (Wildman–Crippen LogP) is 5.69. The molecule has 0 aliphatic heterocycles. The first kappa shape index (κ1) is 22.3. The Kier molecular flexibility index (Phi) is 7.48. The first-order valence-corrected chi connectivity index (χ1v) is 11.7. The van der Waals surface area contributed by atoms with Crippen LogP contribution in [0.3, 0.4) is 0 Å². The summed E-state index contributed by atoms with van der Waals surface area (Å²) < 4.78 is 33.4. The molecule has 7 heteroatoms. The zero-order valence-corrected chi connectivity index (χ0v) is 18.9. The van der Waals surface area contributed by atoms with Gasteiger partial charge in [0.2, 0.25) is 0 Å². The van der Waals surface area contributed by atoms with Gasteiger partial charge in [0.1, 0.15) is 5.75 Å². The van der Waals surface area contributed by atoms with E-state index in [2.05, 4.69) is 4.72 Å². The molecule has 0 radical (unpaired) electrons. The monoisotopic (exact) mass is 459 g/mol. The van der Waals surface area contributed by atoms with E-state index in [0.29, 0.717) is 30.2 Å². The van der Waals surface area contributed by atoms with Crippen LogP contribution in [0.1, 0.15) is 18.1 Å². The van der Waals surface area contributed by atoms with Crippen molar-refractivity contribution in [2.45, 2.75) is 24.7 Å². The Morgan fingerprint density at radius 2 is 1.63 bits per heavy atom. The standard InChI is InChI=1S/C23H22ClNO3S2/c1-2-28-23-6-4-3-5-18(23)16-21(29)15-17-7-13-22(14-8-17)30(26,27)25-20-11-9-19(24)10-12-20/h3-14,25H,2,15-16H2,1H3. The quantitative estimate of drug-likeness (QED) is 0.417. The molecule has 0 fully saturated rings. The van der Waals surface area contributed by atoms with Gasteiger partial charge in [-0.3, -0.25) is 4.72 Å². The average Bonchev–Trinajstić information content (AvgIpc) is 2.72. The number of para-hydroxylation sites is 1. The Bertz CT molecular complexity index is 1110. The largest absolute Gasteiger partial charge is 0.494 e. The van der Waals surface area contributed by atoms with Gasteiger partial charge in [0.25, 0.3) is 10.0 Å². The summed E-state index contributed by atoms with van der Waals surface area (Å²) in [5.41, 5.74) is 2.47. The van der Waals surface area contributed by atoms with Crippen LogP contribution in [-0.2, 0) is 22.9 Å². The molecule has 0 bridgehead atoms. The maximum atomic E-state index is 12.6. The minimum atomic E-state index is -3.67. The van der Waals surface area contributed by atoms with E-state index in [1.165, 1.54) is 0 Å². The van der Waals surface area contributed by atoms with Crippen LogP contribution in [0.4, 0.5) is 5.69 Å². The van der Waals surface area contributed by atoms with E-state index in [4.69, 9.17) is 28.6 Å². The summed E-state index contributed by atoms with van der Waals surface area (Å²) in [5, 5.41) is 0.544. The lowest BCUT2D eigenvalue weighted by Gasteiger charge is -2.11. The highest BCUT2D eigenvalue weighted by Crippen LogP contribution is 2.21. The molecule has 0 spiro atoms. The van der Waals surface area contributed by atoms with Crippen molar-refractivity contribution in [2.24, 2.45) is 0 Å². The summed E-state index contributed by atoms with van der Waals surface area (Å²) in [5.74, 6) is 0.845. The second-order valence-electron chi connectivity index (χ2n) is 6.69. The predicted molar refractivity (Wildman–Crippen MR) is 126 cm³/mol. The molecule has 0 aromatic heterocycles. The molecule has 4 nitrogen and oxygen atoms in total. The van der Waals surface area contributed by atoms with Crippen LogP contribution in [0.2, 0.25) is 5.02 Å². The second-order valence-corrected chi connectivity index (χ2v) is 9.39. The number of sulfonamides is 1. The van der Waals surface area contributed by atoms with E-state index in [9.17, 15) is 8.42 Å². The van der Waals surface area contributed by atoms with Crippen LogP contribution in [0.5, 0.6) is 5.75 Å². The van der Waals surface area contributed by atoms with Gasteiger partial charge in [-0.25, -0.2) is 8.42 Å². The van der Waals surface area contributed by atoms with Crippen molar-refractivity contribution in [2.75, 3.05) is 11.3 Å². The van der Waals surface area contributed by atoms with Crippen LogP contribution in [-0.4, -0.2) is 19.9 Å². The van der Waals surface area contributed by atoms with Crippen LogP contribution in [0, 0.1) is 0 Å². The Hall–Kier alpha value is -2.41. The lowest BCUT2D eigenvalue weighted by Crippen LogP contribution is -2.13. The molecule has 30 heavy (non-hydrogen) atoms. The van der Waals surface area contributed by atoms with Crippen molar-refractivity contribution in [3.8, 4) is 5.75 Å². The first-order valence-electron chi connectivity index (χ1n) is 9.47. The number of ether oxygens (including phenoxy) is 1. The highest BCUT2D eigenvalue weighted by molar-refractivity contribution is 7.92. The van der Waals surface area contributed by atoms with E-state index in [1.54, 1.807) is 48.5 Å². The number of nitrogens with one attached hydrogen (secondary N) is 1. The molecule has 0 atom stereocenters. The lowest BCUT2D eigenvalue weighted by atomic mass is 10.0. The summed E-state index contributed by atoms with van der Waals surface area (Å²) in [6.07, 6.45) is 1.21. The van der Waals surface area contributed by atoms with Crippen molar-refractivity contribution in [3.05, 3.63) is 88.9 Å². The van der Waals surface area contributed by atoms with Gasteiger partial charge in [0, 0.05) is 28.4 Å². The summed E-state index contributed by atoms with van der Waals surface area (Å²) in [6.45, 7) is 2.55. The molecule has 0 aliphatic carbocycles. The van der Waals surface area contributed by atoms with E-state index in [1.807, 2.05) is 31.2 Å². The van der Waals surface area contributed by atoms with E-state index >= 15 is 0 Å². The molecule has 3 aromatic carbocycles. The third kappa shape index (κ3) is 6.05. The zero-order chi connectivity index (χ0) is 21.6. The maximum Gasteiger partial charge on any atom is 0.261 e. The summed E-state index contributed by atoms with van der Waals surface area (Å²) in [7, 11) is -3.67. The molecule has 0 unspecified atom stereocenters. The van der Waals surface area contributed by atoms with Crippen molar-refractivity contribution in [3.63, 3.8) is 0 Å². The van der Waals surface area contributed by atoms with Crippen LogP contribution in [0.15, 0.2) is 77.7 Å². The Balaban J connectivity index is 1.65. The molecule has 1 N–H and O–H groups in total. The summed E-state index contributed by atoms with van der Waals surface area (Å²) >= 11 is 11.4. The van der Waals surface area contributed by atoms with Gasteiger partial charge in [0.05, 0.1) is 11.5 Å². The second kappa shape index (κ2) is 10.1. The maximum absolute atomic E-state index is 12.6. The minimum absolute atomic E-state index is 0.189. The fraction of sp³-hybridized carbons (Fsp3) is 0.174. The van der Waals surface area contributed by atoms with Crippen molar-refractivity contribution in [1.82, 2.24) is 0 Å². The van der Waals surface area contributed by atoms with Crippen LogP contribution < -0.4 is 9.46 Å². The molecule has 3 aromatic rings. The molecule has 0 amide bonds. The van der Waals surface area contributed by atoms with Gasteiger partial charge in [-0.2, -0.15) is 0 Å². The molecular weight excluding hydrogens is 438 g/mol. The van der Waals surface area contributed by atoms with Gasteiger partial charge in [-0.1, -0.05) is 54.2 Å². The van der Waals surface area contributed by atoms with E-state index < -0.39 is 10.0 Å². The number of halogens is 1. The van der Waals surface area contributed by atoms with Gasteiger partial charge < -0.3 is 4.74 Å². The first-order chi connectivity index (χ1) is 14.4. The normalized spacial score (nSPS) is 11.1. The molecule has 0 saturated carbocycles. The minimum Gasteiger partial charge on any atom is -0.494 e. The van der Waals surface area contributed by atoms with Gasteiger partial charge in [-0.15, -0.1) is 0 Å². The van der Waals surface area contributed by atoms with Crippen LogP contribution >= 0.6 is 23.8 Å². The highest BCUT2D eigenvalue weighted by atomic mass is 35.5. The van der Waals surface area contributed by atoms with Gasteiger partial charge in [0.15, 0.2) is 0 Å². The lowest BCUT2D eigenvalue weighted by molar-refractivity contribution is 0.337. The molecular formula is C23H22ClNO3S2. The fourth-order valence-corrected chi connectivity index (χ4v) is 4.47. The molecule has 156 valence electrons. The Morgan fingerprint density at radius 1 is 0.967 bits per heavy atom. The number of hydrogen-bond donors (Lipinski definition) is 1. The molecule has 0 heterocycles. The van der Waals surface area contributed by atoms with Crippen molar-refractivity contribution < 1.29 is 13.2 Å². The summed E-state index contributed by atoms with van der Waals surface area (Å²) in [6, 6.07) is 21.1. The number of rotatable bonds is 9. The molecule has 3 rings (SSSR count). The van der Waals surface area contributed by atoms with E-state index in [-0.39, 0.29) is 4.90 Å². The number of hydrogen-bond acceptors (Lipinski definition) is 4. The Morgan fingerprint density at radius 3 is 2.30 bits per heavy atom. The summed E-state index contributed by atoms with van der Waals surface area (Å²) in [4.78, 5) is 1.05. The van der Waals surface area contributed by atoms with Crippen LogP contribution in [0.25, 0.3) is 0 Å². The molecule has 0 aliphatic rings. The number of thiocarbonyl (C=S) groups is 1. The van der Waals surface area contributed by atoms with Crippen molar-refractivity contribution >= 4 is 44.4 Å². The third-order valence-electron chi connectivity index (χ3n) is 4.39. The van der Waals surface area contributed by atoms with E-state index in [0.717, 1.165) is 21.7 Å². The topological polar surface area (TPSA) is 55.4 Å². The fourth-order valence-electron chi connectivity index (χ4n) is 2.97. The number of anilines is 1. The van der Waals surface area contributed by atoms with Gasteiger partial charge in [-0.05, 0) is 60.5 Å². The smallest absolute Gasteiger partial charge is 0.261 e. The third-order valence-corrected chi connectivity index (χ3v) is 6.33. The molecule has 0 saturated heterocycles. The Labute approximate surface area is 187 Å². The highest BCUT2D eigenvalue weighted by Gasteiger charge is 2.14.